The van der Waals surface area contributed by atoms with Gasteiger partial charge < -0.3 is 4.98 Å². The Bertz CT molecular complexity index is 206. The van der Waals surface area contributed by atoms with E-state index in [4.69, 9.17) is 0 Å². The second-order valence-corrected chi connectivity index (χ2v) is 2.21. The second kappa shape index (κ2) is 2.09. The number of aryl methyl sites for hydroxylation is 2. The van der Waals surface area contributed by atoms with Crippen LogP contribution in [0.25, 0.3) is 6.08 Å². The van der Waals surface area contributed by atoms with Crippen LogP contribution in [0, 0.1) is 13.8 Å². The number of nitrogens with one attached hydrogen (secondary N) is 1. The Labute approximate surface area is 56.9 Å². The van der Waals surface area contributed by atoms with Crippen LogP contribution >= 0.6 is 0 Å². The maximum Gasteiger partial charge on any atom is 0.0191 e. The van der Waals surface area contributed by atoms with Gasteiger partial charge in [-0.15, -0.1) is 0 Å². The predicted molar refractivity (Wildman–Crippen MR) is 42.5 cm³/mol. The maximum absolute atomic E-state index is 3.70. The van der Waals surface area contributed by atoms with Gasteiger partial charge in [0.25, 0.3) is 0 Å². The molecule has 1 nitrogen and oxygen atoms in total. The van der Waals surface area contributed by atoms with Crippen molar-refractivity contribution in [1.82, 2.24) is 4.98 Å². The van der Waals surface area contributed by atoms with Crippen molar-refractivity contribution >= 4 is 6.08 Å². The van der Waals surface area contributed by atoms with Crippen LogP contribution in [-0.4, -0.2) is 4.98 Å². The molecular formula is C8H13N. The Morgan fingerprint density at radius 1 is 1.67 bits per heavy atom. The van der Waals surface area contributed by atoms with E-state index in [2.05, 4.69) is 18.5 Å². The third kappa shape index (κ3) is 0.900. The van der Waals surface area contributed by atoms with Crippen LogP contribution in [0.2, 0.25) is 0 Å². The molecule has 0 aliphatic heterocycles. The van der Waals surface area contributed by atoms with E-state index in [0.29, 0.717) is 0 Å². The highest BCUT2D eigenvalue weighted by molar-refractivity contribution is 5.53. The van der Waals surface area contributed by atoms with E-state index in [-0.39, 0.29) is 1.43 Å². The number of hydrogen-bond donors (Lipinski definition) is 1. The van der Waals surface area contributed by atoms with E-state index in [1.807, 2.05) is 19.2 Å². The molecule has 0 atom stereocenters. The number of rotatable bonds is 1. The molecule has 0 bridgehead atoms. The molecule has 1 rings (SSSR count). The van der Waals surface area contributed by atoms with Crippen molar-refractivity contribution in [3.63, 3.8) is 0 Å². The Morgan fingerprint density at radius 2 is 2.33 bits per heavy atom. The van der Waals surface area contributed by atoms with E-state index in [1.165, 1.54) is 16.8 Å². The molecule has 0 spiro atoms. The van der Waals surface area contributed by atoms with Crippen molar-refractivity contribution in [2.75, 3.05) is 0 Å². The quantitative estimate of drug-likeness (QED) is 0.590. The van der Waals surface area contributed by atoms with Gasteiger partial charge in [-0.05, 0) is 25.0 Å². The Hall–Kier alpha value is -0.980. The summed E-state index contributed by atoms with van der Waals surface area (Å²) in [7, 11) is 0. The van der Waals surface area contributed by atoms with Crippen molar-refractivity contribution in [2.45, 2.75) is 13.8 Å². The Kier molecular flexibility index (Phi) is 1.43. The van der Waals surface area contributed by atoms with Gasteiger partial charge >= 0.3 is 0 Å². The minimum absolute atomic E-state index is 0. The van der Waals surface area contributed by atoms with Crippen LogP contribution < -0.4 is 0 Å². The highest BCUT2D eigenvalue weighted by atomic mass is 14.7. The van der Waals surface area contributed by atoms with Crippen molar-refractivity contribution in [3.05, 3.63) is 29.6 Å². The first-order chi connectivity index (χ1) is 4.25. The Balaban J connectivity index is 0.000000810. The summed E-state index contributed by atoms with van der Waals surface area (Å²) in [5.74, 6) is 0. The standard InChI is InChI=1S/C8H11N.H2/c1-4-8-6(2)5-9-7(8)3;/h4-5,9H,1H2,2-3H3;1H. The van der Waals surface area contributed by atoms with E-state index < -0.39 is 0 Å². The van der Waals surface area contributed by atoms with E-state index >= 15 is 0 Å². The van der Waals surface area contributed by atoms with Crippen molar-refractivity contribution < 1.29 is 1.43 Å². The van der Waals surface area contributed by atoms with E-state index in [1.54, 1.807) is 0 Å². The SMILES string of the molecule is C=Cc1c(C)c[nH]c1C.[HH]. The van der Waals surface area contributed by atoms with Gasteiger partial charge in [-0.1, -0.05) is 12.7 Å². The predicted octanol–water partition coefficient (Wildman–Crippen LogP) is 2.52. The van der Waals surface area contributed by atoms with Crippen LogP contribution in [0.3, 0.4) is 0 Å². The van der Waals surface area contributed by atoms with Crippen LogP contribution in [0.5, 0.6) is 0 Å². The molecule has 0 amide bonds. The fourth-order valence-corrected chi connectivity index (χ4v) is 0.982. The molecule has 1 heteroatoms. The molecule has 50 valence electrons. The van der Waals surface area contributed by atoms with Crippen molar-refractivity contribution in [3.8, 4) is 0 Å². The lowest BCUT2D eigenvalue weighted by atomic mass is 10.2. The van der Waals surface area contributed by atoms with Gasteiger partial charge in [0, 0.05) is 13.3 Å². The van der Waals surface area contributed by atoms with Crippen LogP contribution in [0.4, 0.5) is 0 Å². The fourth-order valence-electron chi connectivity index (χ4n) is 0.982. The van der Waals surface area contributed by atoms with Gasteiger partial charge in [-0.3, -0.25) is 0 Å². The molecule has 1 N–H and O–H groups in total. The minimum Gasteiger partial charge on any atom is -0.364 e. The highest BCUT2D eigenvalue weighted by Gasteiger charge is 1.96. The summed E-state index contributed by atoms with van der Waals surface area (Å²) in [6.07, 6.45) is 3.87. The fraction of sp³-hybridized carbons (Fsp3) is 0.250. The molecule has 0 unspecified atom stereocenters. The molecule has 0 fully saturated rings. The highest BCUT2D eigenvalue weighted by Crippen LogP contribution is 2.12. The summed E-state index contributed by atoms with van der Waals surface area (Å²) in [6.45, 7) is 7.82. The summed E-state index contributed by atoms with van der Waals surface area (Å²) in [5, 5.41) is 0. The molecule has 0 aliphatic rings. The van der Waals surface area contributed by atoms with Crippen LogP contribution in [0.15, 0.2) is 12.8 Å². The molecule has 0 saturated heterocycles. The lowest BCUT2D eigenvalue weighted by molar-refractivity contribution is 1.26. The van der Waals surface area contributed by atoms with Gasteiger partial charge in [0.2, 0.25) is 0 Å². The number of aromatic amines is 1. The van der Waals surface area contributed by atoms with Gasteiger partial charge in [-0.2, -0.15) is 0 Å². The molecule has 0 aromatic carbocycles. The molecule has 1 heterocycles. The third-order valence-electron chi connectivity index (χ3n) is 1.54. The first-order valence-corrected chi connectivity index (χ1v) is 3.02. The molecule has 1 aromatic rings. The number of hydrogen-bond acceptors (Lipinski definition) is 0. The molecular weight excluding hydrogens is 110 g/mol. The average molecular weight is 123 g/mol. The largest absolute Gasteiger partial charge is 0.364 e. The second-order valence-electron chi connectivity index (χ2n) is 2.21. The maximum atomic E-state index is 3.70. The van der Waals surface area contributed by atoms with Gasteiger partial charge in [0.1, 0.15) is 0 Å². The zero-order valence-electron chi connectivity index (χ0n) is 5.86. The summed E-state index contributed by atoms with van der Waals surface area (Å²) >= 11 is 0. The average Bonchev–Trinajstić information content (AvgIpc) is 2.12. The molecule has 1 aromatic heterocycles. The topological polar surface area (TPSA) is 15.8 Å². The summed E-state index contributed by atoms with van der Waals surface area (Å²) in [4.78, 5) is 3.12. The summed E-state index contributed by atoms with van der Waals surface area (Å²) < 4.78 is 0. The lowest BCUT2D eigenvalue weighted by Crippen LogP contribution is -1.73. The number of H-pyrrole nitrogens is 1. The first kappa shape index (κ1) is 6.14. The molecule has 0 aliphatic carbocycles. The molecule has 0 saturated carbocycles. The van der Waals surface area contributed by atoms with Crippen molar-refractivity contribution in [1.29, 1.82) is 0 Å². The van der Waals surface area contributed by atoms with Gasteiger partial charge in [0.05, 0.1) is 0 Å². The van der Waals surface area contributed by atoms with E-state index in [0.717, 1.165) is 0 Å². The Morgan fingerprint density at radius 3 is 2.56 bits per heavy atom. The summed E-state index contributed by atoms with van der Waals surface area (Å²) in [6, 6.07) is 0. The lowest BCUT2D eigenvalue weighted by Gasteiger charge is -1.89. The van der Waals surface area contributed by atoms with E-state index in [9.17, 15) is 0 Å². The first-order valence-electron chi connectivity index (χ1n) is 3.02. The smallest absolute Gasteiger partial charge is 0.0191 e. The van der Waals surface area contributed by atoms with Crippen LogP contribution in [-0.2, 0) is 0 Å². The van der Waals surface area contributed by atoms with Crippen LogP contribution in [0.1, 0.15) is 18.2 Å². The zero-order chi connectivity index (χ0) is 6.85. The molecule has 9 heavy (non-hydrogen) atoms. The monoisotopic (exact) mass is 123 g/mol. The van der Waals surface area contributed by atoms with Crippen molar-refractivity contribution in [2.24, 2.45) is 0 Å². The molecule has 0 radical (unpaired) electrons. The van der Waals surface area contributed by atoms with Gasteiger partial charge in [0.15, 0.2) is 0 Å². The summed E-state index contributed by atoms with van der Waals surface area (Å²) in [5.41, 5.74) is 3.69. The third-order valence-corrected chi connectivity index (χ3v) is 1.54. The minimum atomic E-state index is 0. The normalized spacial score (nSPS) is 9.56. The van der Waals surface area contributed by atoms with Gasteiger partial charge in [-0.25, -0.2) is 0 Å². The zero-order valence-corrected chi connectivity index (χ0v) is 5.86. The number of aromatic nitrogens is 1.